The van der Waals surface area contributed by atoms with Crippen LogP contribution in [0.5, 0.6) is 11.5 Å². The number of fused-ring (bicyclic) bond motifs is 1. The third kappa shape index (κ3) is 7.13. The van der Waals surface area contributed by atoms with E-state index in [1.807, 2.05) is 18.2 Å². The molecule has 0 spiro atoms. The molecule has 1 aromatic carbocycles. The van der Waals surface area contributed by atoms with Crippen LogP contribution in [0.4, 0.5) is 5.82 Å². The number of benzene rings is 1. The number of methoxy groups -OCH3 is 1. The van der Waals surface area contributed by atoms with E-state index < -0.39 is 0 Å². The van der Waals surface area contributed by atoms with Crippen molar-refractivity contribution in [2.24, 2.45) is 0 Å². The molecule has 1 N–H and O–H groups in total. The van der Waals surface area contributed by atoms with Gasteiger partial charge in [-0.05, 0) is 42.7 Å². The molecule has 41 heavy (non-hydrogen) atoms. The number of nitrogens with one attached hydrogen (secondary N) is 1. The Hall–Kier alpha value is -3.32. The molecule has 3 aromatic rings. The Bertz CT molecular complexity index is 1340. The number of anilines is 1. The highest BCUT2D eigenvalue weighted by atomic mass is 32.2. The summed E-state index contributed by atoms with van der Waals surface area (Å²) in [6.45, 7) is 6.38. The van der Waals surface area contributed by atoms with Crippen LogP contribution >= 0.6 is 11.8 Å². The first-order chi connectivity index (χ1) is 20.1. The van der Waals surface area contributed by atoms with Gasteiger partial charge < -0.3 is 33.6 Å². The summed E-state index contributed by atoms with van der Waals surface area (Å²) >= 11 is 1.48. The van der Waals surface area contributed by atoms with E-state index in [9.17, 15) is 4.79 Å². The second kappa shape index (κ2) is 13.1. The lowest BCUT2D eigenvalue weighted by Gasteiger charge is -2.35. The van der Waals surface area contributed by atoms with E-state index >= 15 is 0 Å². The minimum atomic E-state index is -0.227. The van der Waals surface area contributed by atoms with Crippen molar-refractivity contribution in [3.05, 3.63) is 59.2 Å². The van der Waals surface area contributed by atoms with E-state index in [2.05, 4.69) is 32.2 Å². The minimum Gasteiger partial charge on any atom is -0.455 e. The molecule has 1 atom stereocenters. The van der Waals surface area contributed by atoms with Crippen molar-refractivity contribution in [3.8, 4) is 11.5 Å². The number of rotatable bonds is 11. The number of ether oxygens (including phenoxy) is 4. The van der Waals surface area contributed by atoms with Gasteiger partial charge in [-0.15, -0.1) is 0 Å². The number of furan rings is 1. The summed E-state index contributed by atoms with van der Waals surface area (Å²) in [6.07, 6.45) is 2.10. The lowest BCUT2D eigenvalue weighted by atomic mass is 10.1. The molecule has 6 rings (SSSR count). The number of carbonyl (C=O) groups excluding carboxylic acids is 1. The van der Waals surface area contributed by atoms with E-state index in [1.165, 1.54) is 17.3 Å². The Morgan fingerprint density at radius 3 is 2.80 bits per heavy atom. The second-order valence-electron chi connectivity index (χ2n) is 10.3. The quantitative estimate of drug-likeness (QED) is 0.265. The smallest absolute Gasteiger partial charge is 0.287 e. The monoisotopic (exact) mass is 581 g/mol. The predicted octanol–water partition coefficient (Wildman–Crippen LogP) is 3.47. The van der Waals surface area contributed by atoms with Gasteiger partial charge in [-0.3, -0.25) is 9.69 Å². The highest BCUT2D eigenvalue weighted by molar-refractivity contribution is 7.98. The van der Waals surface area contributed by atoms with Gasteiger partial charge in [0.05, 0.1) is 24.2 Å². The summed E-state index contributed by atoms with van der Waals surface area (Å²) in [5, 5.41) is 3.55. The van der Waals surface area contributed by atoms with E-state index in [-0.39, 0.29) is 18.8 Å². The Labute approximate surface area is 243 Å². The molecule has 2 aromatic heterocycles. The SMILES string of the molecule is COCc1cc(N2CCN(Cc3ccc4c(c3)OCO4)CC2)nc(SCc2ccc(C(=O)NC[C@@H]3CCCO3)o2)n1. The maximum atomic E-state index is 12.5. The molecule has 2 saturated heterocycles. The molecule has 1 amide bonds. The molecule has 12 heteroatoms. The van der Waals surface area contributed by atoms with E-state index in [4.69, 9.17) is 28.3 Å². The van der Waals surface area contributed by atoms with Gasteiger partial charge in [-0.25, -0.2) is 9.97 Å². The van der Waals surface area contributed by atoms with Crippen LogP contribution < -0.4 is 19.7 Å². The maximum Gasteiger partial charge on any atom is 0.287 e. The summed E-state index contributed by atoms with van der Waals surface area (Å²) in [5.41, 5.74) is 2.05. The van der Waals surface area contributed by atoms with Gasteiger partial charge in [0.25, 0.3) is 5.91 Å². The molecule has 0 unspecified atom stereocenters. The topological polar surface area (TPSA) is 111 Å². The molecule has 0 aliphatic carbocycles. The summed E-state index contributed by atoms with van der Waals surface area (Å²) < 4.78 is 27.7. The first-order valence-corrected chi connectivity index (χ1v) is 15.0. The average Bonchev–Trinajstić information content (AvgIpc) is 3.78. The highest BCUT2D eigenvalue weighted by Gasteiger charge is 2.22. The van der Waals surface area contributed by atoms with Crippen molar-refractivity contribution in [3.63, 3.8) is 0 Å². The van der Waals surface area contributed by atoms with Crippen molar-refractivity contribution in [2.75, 3.05) is 58.1 Å². The number of aromatic nitrogens is 2. The van der Waals surface area contributed by atoms with Gasteiger partial charge in [-0.2, -0.15) is 0 Å². The van der Waals surface area contributed by atoms with Gasteiger partial charge in [0.1, 0.15) is 11.6 Å². The molecule has 0 saturated carbocycles. The second-order valence-corrected chi connectivity index (χ2v) is 11.2. The largest absolute Gasteiger partial charge is 0.455 e. The fourth-order valence-corrected chi connectivity index (χ4v) is 5.92. The van der Waals surface area contributed by atoms with Gasteiger partial charge in [0.2, 0.25) is 6.79 Å². The molecule has 5 heterocycles. The van der Waals surface area contributed by atoms with Gasteiger partial charge in [-0.1, -0.05) is 17.8 Å². The fourth-order valence-electron chi connectivity index (χ4n) is 5.15. The van der Waals surface area contributed by atoms with Crippen LogP contribution in [0.1, 0.15) is 40.4 Å². The Morgan fingerprint density at radius 2 is 1.98 bits per heavy atom. The zero-order chi connectivity index (χ0) is 28.0. The molecule has 11 nitrogen and oxygen atoms in total. The molecule has 3 aliphatic heterocycles. The molecular weight excluding hydrogens is 546 g/mol. The zero-order valence-electron chi connectivity index (χ0n) is 23.2. The summed E-state index contributed by atoms with van der Waals surface area (Å²) in [5.74, 6) is 3.80. The number of piperazine rings is 1. The number of hydrogen-bond acceptors (Lipinski definition) is 11. The fraction of sp³-hybridized carbons (Fsp3) is 0.483. The van der Waals surface area contributed by atoms with Gasteiger partial charge in [0.15, 0.2) is 22.4 Å². The lowest BCUT2D eigenvalue weighted by molar-refractivity contribution is 0.0834. The summed E-state index contributed by atoms with van der Waals surface area (Å²) in [6, 6.07) is 11.7. The van der Waals surface area contributed by atoms with Gasteiger partial charge in [0, 0.05) is 59.1 Å². The van der Waals surface area contributed by atoms with E-state index in [1.54, 1.807) is 13.2 Å². The van der Waals surface area contributed by atoms with Crippen molar-refractivity contribution >= 4 is 23.5 Å². The highest BCUT2D eigenvalue weighted by Crippen LogP contribution is 2.33. The third-order valence-electron chi connectivity index (χ3n) is 7.32. The third-order valence-corrected chi connectivity index (χ3v) is 8.19. The average molecular weight is 582 g/mol. The minimum absolute atomic E-state index is 0.0905. The van der Waals surface area contributed by atoms with Crippen LogP contribution in [0, 0.1) is 0 Å². The van der Waals surface area contributed by atoms with Crippen molar-refractivity contribution in [1.82, 2.24) is 20.2 Å². The molecule has 218 valence electrons. The normalized spacial score (nSPS) is 18.7. The standard InChI is InChI=1S/C29H35N5O6S/c1-36-17-21-14-27(34-10-8-33(9-11-34)16-20-4-6-24-26(13-20)39-19-38-24)32-29(31-21)41-18-23-5-7-25(40-23)28(35)30-15-22-3-2-12-37-22/h4-7,13-14,22H,2-3,8-12,15-19H2,1H3,(H,30,35)/t22-/m0/s1. The maximum absolute atomic E-state index is 12.5. The first kappa shape index (κ1) is 27.8. The van der Waals surface area contributed by atoms with E-state index in [0.29, 0.717) is 35.6 Å². The van der Waals surface area contributed by atoms with Crippen LogP contribution in [-0.2, 0) is 28.4 Å². The van der Waals surface area contributed by atoms with Gasteiger partial charge >= 0.3 is 0 Å². The summed E-state index contributed by atoms with van der Waals surface area (Å²) in [4.78, 5) is 26.7. The molecule has 0 bridgehead atoms. The van der Waals surface area contributed by atoms with Crippen molar-refractivity contribution in [2.45, 2.75) is 43.0 Å². The Kier molecular flexibility index (Phi) is 8.90. The predicted molar refractivity (Wildman–Crippen MR) is 152 cm³/mol. The number of hydrogen-bond donors (Lipinski definition) is 1. The zero-order valence-corrected chi connectivity index (χ0v) is 24.0. The molecule has 0 radical (unpaired) electrons. The lowest BCUT2D eigenvalue weighted by Crippen LogP contribution is -2.46. The van der Waals surface area contributed by atoms with Crippen LogP contribution in [0.3, 0.4) is 0 Å². The molecular formula is C29H35N5O6S. The molecule has 3 aliphatic rings. The summed E-state index contributed by atoms with van der Waals surface area (Å²) in [7, 11) is 1.66. The van der Waals surface area contributed by atoms with Crippen molar-refractivity contribution < 1.29 is 28.2 Å². The first-order valence-electron chi connectivity index (χ1n) is 14.0. The van der Waals surface area contributed by atoms with Crippen LogP contribution in [0.25, 0.3) is 0 Å². The number of carbonyl (C=O) groups is 1. The Morgan fingerprint density at radius 1 is 1.10 bits per heavy atom. The van der Waals surface area contributed by atoms with E-state index in [0.717, 1.165) is 75.2 Å². The Balaban J connectivity index is 1.03. The number of thioether (sulfide) groups is 1. The van der Waals surface area contributed by atoms with Crippen LogP contribution in [0.15, 0.2) is 46.0 Å². The molecule has 2 fully saturated rings. The van der Waals surface area contributed by atoms with Crippen LogP contribution in [-0.4, -0.2) is 80.1 Å². The van der Waals surface area contributed by atoms with Crippen molar-refractivity contribution in [1.29, 1.82) is 0 Å². The number of nitrogens with zero attached hydrogens (tertiary/aromatic N) is 4. The van der Waals surface area contributed by atoms with Crippen LogP contribution in [0.2, 0.25) is 0 Å². The number of amides is 1.